The highest BCUT2D eigenvalue weighted by Gasteiger charge is 2.22. The van der Waals surface area contributed by atoms with E-state index in [4.69, 9.17) is 9.72 Å². The molecular formula is C24H29N3O2S. The van der Waals surface area contributed by atoms with E-state index >= 15 is 0 Å². The molecule has 6 heteroatoms. The van der Waals surface area contributed by atoms with Crippen LogP contribution in [-0.2, 0) is 11.3 Å². The minimum atomic E-state index is 0.183. The van der Waals surface area contributed by atoms with Gasteiger partial charge in [0.25, 0.3) is 0 Å². The molecule has 5 nitrogen and oxygen atoms in total. The summed E-state index contributed by atoms with van der Waals surface area (Å²) in [7, 11) is 0. The lowest BCUT2D eigenvalue weighted by Crippen LogP contribution is -2.39. The number of aromatic nitrogens is 2. The Morgan fingerprint density at radius 1 is 1.17 bits per heavy atom. The van der Waals surface area contributed by atoms with Gasteiger partial charge in [0.15, 0.2) is 5.16 Å². The lowest BCUT2D eigenvalue weighted by atomic mass is 9.99. The van der Waals surface area contributed by atoms with Crippen molar-refractivity contribution >= 4 is 28.7 Å². The molecule has 158 valence electrons. The van der Waals surface area contributed by atoms with Gasteiger partial charge in [-0.2, -0.15) is 0 Å². The van der Waals surface area contributed by atoms with Gasteiger partial charge in [0.2, 0.25) is 5.91 Å². The standard InChI is InChI=1S/C24H29N3O2S/c1-18-10-12-26(13-11-18)23(28)17-27-22-9-4-3-8-21(22)25-24(27)30-15-14-29-20-7-5-6-19(2)16-20/h3-9,16,18H,10-15,17H2,1-2H3. The van der Waals surface area contributed by atoms with Gasteiger partial charge in [-0.15, -0.1) is 0 Å². The first-order valence-electron chi connectivity index (χ1n) is 10.7. The molecule has 0 unspecified atom stereocenters. The van der Waals surface area contributed by atoms with Gasteiger partial charge >= 0.3 is 0 Å². The van der Waals surface area contributed by atoms with Crippen molar-refractivity contribution in [3.8, 4) is 5.75 Å². The molecule has 0 saturated carbocycles. The first kappa shape index (κ1) is 20.8. The molecule has 2 aromatic carbocycles. The topological polar surface area (TPSA) is 47.4 Å². The maximum Gasteiger partial charge on any atom is 0.242 e. The number of aryl methyl sites for hydroxylation is 1. The molecule has 1 aliphatic heterocycles. The highest BCUT2D eigenvalue weighted by Crippen LogP contribution is 2.25. The number of carbonyl (C=O) groups is 1. The van der Waals surface area contributed by atoms with Crippen molar-refractivity contribution in [3.63, 3.8) is 0 Å². The molecule has 2 heterocycles. The smallest absolute Gasteiger partial charge is 0.242 e. The maximum absolute atomic E-state index is 13.0. The van der Waals surface area contributed by atoms with Gasteiger partial charge < -0.3 is 14.2 Å². The highest BCUT2D eigenvalue weighted by atomic mass is 32.2. The summed E-state index contributed by atoms with van der Waals surface area (Å²) in [6, 6.07) is 16.1. The van der Waals surface area contributed by atoms with Gasteiger partial charge in [0.1, 0.15) is 12.3 Å². The number of rotatable bonds is 7. The van der Waals surface area contributed by atoms with Crippen molar-refractivity contribution in [1.29, 1.82) is 0 Å². The van der Waals surface area contributed by atoms with Gasteiger partial charge in [-0.1, -0.05) is 43.0 Å². The third-order valence-corrected chi connectivity index (χ3v) is 6.56. The number of hydrogen-bond donors (Lipinski definition) is 0. The van der Waals surface area contributed by atoms with Crippen molar-refractivity contribution in [2.75, 3.05) is 25.4 Å². The second-order valence-electron chi connectivity index (χ2n) is 8.05. The largest absolute Gasteiger partial charge is 0.493 e. The van der Waals surface area contributed by atoms with E-state index in [2.05, 4.69) is 24.5 Å². The molecule has 0 aliphatic carbocycles. The zero-order chi connectivity index (χ0) is 20.9. The van der Waals surface area contributed by atoms with E-state index in [1.807, 2.05) is 47.4 Å². The number of benzene rings is 2. The van der Waals surface area contributed by atoms with Crippen LogP contribution in [0.2, 0.25) is 0 Å². The van der Waals surface area contributed by atoms with E-state index in [0.29, 0.717) is 19.1 Å². The van der Waals surface area contributed by atoms with Crippen molar-refractivity contribution < 1.29 is 9.53 Å². The first-order chi connectivity index (χ1) is 14.6. The van der Waals surface area contributed by atoms with Gasteiger partial charge in [0, 0.05) is 18.8 Å². The van der Waals surface area contributed by atoms with Crippen LogP contribution in [0.25, 0.3) is 11.0 Å². The van der Waals surface area contributed by atoms with E-state index in [1.165, 1.54) is 5.56 Å². The molecule has 0 spiro atoms. The summed E-state index contributed by atoms with van der Waals surface area (Å²) in [5.41, 5.74) is 3.13. The predicted octanol–water partition coefficient (Wildman–Crippen LogP) is 4.77. The molecule has 0 N–H and O–H groups in total. The fourth-order valence-corrected chi connectivity index (χ4v) is 4.64. The molecule has 0 atom stereocenters. The molecule has 30 heavy (non-hydrogen) atoms. The van der Waals surface area contributed by atoms with Crippen LogP contribution >= 0.6 is 11.8 Å². The molecule has 4 rings (SSSR count). The van der Waals surface area contributed by atoms with Crippen LogP contribution in [0.1, 0.15) is 25.3 Å². The quantitative estimate of drug-likeness (QED) is 0.406. The second-order valence-corrected chi connectivity index (χ2v) is 9.11. The minimum absolute atomic E-state index is 0.183. The van der Waals surface area contributed by atoms with Gasteiger partial charge in [0.05, 0.1) is 17.6 Å². The van der Waals surface area contributed by atoms with E-state index in [9.17, 15) is 4.79 Å². The Morgan fingerprint density at radius 2 is 1.97 bits per heavy atom. The van der Waals surface area contributed by atoms with Crippen LogP contribution in [0.4, 0.5) is 0 Å². The number of para-hydroxylation sites is 2. The average molecular weight is 424 g/mol. The zero-order valence-electron chi connectivity index (χ0n) is 17.7. The molecule has 1 aliphatic rings. The van der Waals surface area contributed by atoms with Gasteiger partial charge in [-0.05, 0) is 55.5 Å². The number of ether oxygens (including phenoxy) is 1. The van der Waals surface area contributed by atoms with Crippen molar-refractivity contribution in [2.24, 2.45) is 5.92 Å². The number of imidazole rings is 1. The van der Waals surface area contributed by atoms with Crippen LogP contribution in [-0.4, -0.2) is 45.8 Å². The Kier molecular flexibility index (Phi) is 6.62. The third-order valence-electron chi connectivity index (χ3n) is 5.62. The number of thioether (sulfide) groups is 1. The molecule has 1 saturated heterocycles. The lowest BCUT2D eigenvalue weighted by Gasteiger charge is -2.30. The monoisotopic (exact) mass is 423 g/mol. The van der Waals surface area contributed by atoms with Crippen molar-refractivity contribution in [3.05, 3.63) is 54.1 Å². The van der Waals surface area contributed by atoms with E-state index in [0.717, 1.165) is 53.6 Å². The van der Waals surface area contributed by atoms with Gasteiger partial charge in [-0.3, -0.25) is 4.79 Å². The van der Waals surface area contributed by atoms with Crippen LogP contribution < -0.4 is 4.74 Å². The van der Waals surface area contributed by atoms with E-state index < -0.39 is 0 Å². The molecule has 1 amide bonds. The fourth-order valence-electron chi connectivity index (χ4n) is 3.81. The average Bonchev–Trinajstić information content (AvgIpc) is 3.09. The second kappa shape index (κ2) is 9.56. The third kappa shape index (κ3) is 4.98. The fraction of sp³-hybridized carbons (Fsp3) is 0.417. The Labute approximate surface area is 182 Å². The van der Waals surface area contributed by atoms with Crippen LogP contribution in [0.15, 0.2) is 53.7 Å². The summed E-state index contributed by atoms with van der Waals surface area (Å²) in [6.45, 7) is 6.98. The Balaban J connectivity index is 1.43. The molecule has 1 fully saturated rings. The summed E-state index contributed by atoms with van der Waals surface area (Å²) in [4.78, 5) is 19.7. The summed E-state index contributed by atoms with van der Waals surface area (Å²) in [6.07, 6.45) is 2.18. The van der Waals surface area contributed by atoms with Crippen molar-refractivity contribution in [1.82, 2.24) is 14.5 Å². The molecule has 0 bridgehead atoms. The highest BCUT2D eigenvalue weighted by molar-refractivity contribution is 7.99. The lowest BCUT2D eigenvalue weighted by molar-refractivity contribution is -0.133. The summed E-state index contributed by atoms with van der Waals surface area (Å²) >= 11 is 1.64. The molecule has 0 radical (unpaired) electrons. The Hall–Kier alpha value is -2.47. The van der Waals surface area contributed by atoms with E-state index in [-0.39, 0.29) is 5.91 Å². The SMILES string of the molecule is Cc1cccc(OCCSc2nc3ccccc3n2CC(=O)N2CCC(C)CC2)c1. The summed E-state index contributed by atoms with van der Waals surface area (Å²) < 4.78 is 7.94. The first-order valence-corrected chi connectivity index (χ1v) is 11.6. The number of nitrogens with zero attached hydrogens (tertiary/aromatic N) is 3. The van der Waals surface area contributed by atoms with Crippen molar-refractivity contribution in [2.45, 2.75) is 38.4 Å². The van der Waals surface area contributed by atoms with Gasteiger partial charge in [-0.25, -0.2) is 4.98 Å². The minimum Gasteiger partial charge on any atom is -0.493 e. The molecule has 3 aromatic rings. The number of fused-ring (bicyclic) bond motifs is 1. The number of carbonyl (C=O) groups excluding carboxylic acids is 1. The summed E-state index contributed by atoms with van der Waals surface area (Å²) in [5, 5.41) is 0.878. The predicted molar refractivity (Wildman–Crippen MR) is 122 cm³/mol. The number of amides is 1. The maximum atomic E-state index is 13.0. The molecule has 1 aromatic heterocycles. The summed E-state index contributed by atoms with van der Waals surface area (Å²) in [5.74, 6) is 2.55. The van der Waals surface area contributed by atoms with Crippen LogP contribution in [0, 0.1) is 12.8 Å². The van der Waals surface area contributed by atoms with Crippen LogP contribution in [0.5, 0.6) is 5.75 Å². The number of hydrogen-bond acceptors (Lipinski definition) is 4. The Morgan fingerprint density at radius 3 is 2.77 bits per heavy atom. The Bertz CT molecular complexity index is 1010. The van der Waals surface area contributed by atoms with Crippen LogP contribution in [0.3, 0.4) is 0 Å². The zero-order valence-corrected chi connectivity index (χ0v) is 18.5. The van der Waals surface area contributed by atoms with E-state index in [1.54, 1.807) is 11.8 Å². The molecular weight excluding hydrogens is 394 g/mol. The number of piperidine rings is 1. The normalized spacial score (nSPS) is 14.9. The number of likely N-dealkylation sites (tertiary alicyclic amines) is 1.